The molecule has 0 aromatic rings. The Morgan fingerprint density at radius 1 is 0.935 bits per heavy atom. The lowest BCUT2D eigenvalue weighted by Gasteiger charge is -2.73. The van der Waals surface area contributed by atoms with Crippen molar-refractivity contribution in [1.29, 1.82) is 0 Å². The van der Waals surface area contributed by atoms with Crippen LogP contribution in [0.2, 0.25) is 0 Å². The highest BCUT2D eigenvalue weighted by Gasteiger charge is 2.71. The van der Waals surface area contributed by atoms with Gasteiger partial charge in [0, 0.05) is 0 Å². The van der Waals surface area contributed by atoms with E-state index < -0.39 is 46.4 Å². The fourth-order valence-corrected chi connectivity index (χ4v) is 13.1. The average molecular weight is 669 g/mol. The summed E-state index contributed by atoms with van der Waals surface area (Å²) in [4.78, 5) is 14.5. The van der Waals surface area contributed by atoms with Gasteiger partial charge in [-0.05, 0) is 116 Å². The van der Waals surface area contributed by atoms with E-state index in [1.54, 1.807) is 0 Å². The first-order chi connectivity index (χ1) is 21.2. The fourth-order valence-electron chi connectivity index (χ4n) is 12.6. The van der Waals surface area contributed by atoms with Gasteiger partial charge in [-0.1, -0.05) is 53.2 Å². The summed E-state index contributed by atoms with van der Waals surface area (Å²) in [5.74, 6) is 0.812. The first-order valence-corrected chi connectivity index (χ1v) is 18.8. The van der Waals surface area contributed by atoms with Crippen LogP contribution in [0.4, 0.5) is 0 Å². The van der Waals surface area contributed by atoms with Gasteiger partial charge in [0.1, 0.15) is 12.2 Å². The summed E-state index contributed by atoms with van der Waals surface area (Å²) in [6.07, 6.45) is 3.27. The Bertz CT molecular complexity index is 1360. The third-order valence-corrected chi connectivity index (χ3v) is 15.9. The minimum atomic E-state index is -5.05. The number of allylic oxidation sites excluding steroid dienone is 2. The molecule has 46 heavy (non-hydrogen) atoms. The van der Waals surface area contributed by atoms with Gasteiger partial charge in [-0.15, -0.1) is 0 Å². The Morgan fingerprint density at radius 2 is 1.63 bits per heavy atom. The number of carbonyl (C=O) groups excluding carboxylic acids is 1. The molecule has 0 spiro atoms. The predicted molar refractivity (Wildman–Crippen MR) is 169 cm³/mol. The van der Waals surface area contributed by atoms with E-state index in [9.17, 15) is 33.1 Å². The molecule has 0 aromatic heterocycles. The third-order valence-electron chi connectivity index (χ3n) is 15.4. The topological polar surface area (TPSA) is 160 Å². The van der Waals surface area contributed by atoms with E-state index in [1.165, 1.54) is 5.57 Å². The van der Waals surface area contributed by atoms with E-state index in [0.717, 1.165) is 44.9 Å². The fraction of sp³-hybridized carbons (Fsp3) is 0.914. The molecule has 11 heteroatoms. The number of aliphatic hydroxyl groups is 3. The van der Waals surface area contributed by atoms with Gasteiger partial charge >= 0.3 is 16.4 Å². The van der Waals surface area contributed by atoms with Crippen LogP contribution in [0.25, 0.3) is 0 Å². The summed E-state index contributed by atoms with van der Waals surface area (Å²) in [6, 6.07) is 0. The monoisotopic (exact) mass is 668 g/mol. The largest absolute Gasteiger partial charge is 0.432 e. The summed E-state index contributed by atoms with van der Waals surface area (Å²) < 4.78 is 48.7. The van der Waals surface area contributed by atoms with Gasteiger partial charge in [-0.3, -0.25) is 9.35 Å². The SMILES string of the molecule is CC1=CCC2(C(=O)O[C@H]3OC[C@@H](O)[C@@H](O)[C@@H]3OS(=O)(=O)O)CC[C@]3(C)C(CCC4[C@@]5(C)CC[C@H](O)C(C)(C)C5CC[C@]43C)C2[C@H]1C. The summed E-state index contributed by atoms with van der Waals surface area (Å²) in [7, 11) is -5.05. The van der Waals surface area contributed by atoms with Crippen LogP contribution < -0.4 is 0 Å². The first kappa shape index (κ1) is 34.8. The third kappa shape index (κ3) is 4.91. The number of esters is 1. The normalized spacial score (nSPS) is 51.8. The molecular formula is C35H56O10S. The Morgan fingerprint density at radius 3 is 2.30 bits per heavy atom. The minimum absolute atomic E-state index is 0.0169. The van der Waals surface area contributed by atoms with Gasteiger partial charge in [-0.2, -0.15) is 8.42 Å². The molecule has 4 saturated carbocycles. The number of ether oxygens (including phenoxy) is 2. The van der Waals surface area contributed by atoms with Crippen molar-refractivity contribution in [3.8, 4) is 0 Å². The number of fused-ring (bicyclic) bond motifs is 7. The summed E-state index contributed by atoms with van der Waals surface area (Å²) in [5, 5.41) is 31.7. The molecule has 6 aliphatic rings. The van der Waals surface area contributed by atoms with Crippen LogP contribution in [0.3, 0.4) is 0 Å². The predicted octanol–water partition coefficient (Wildman–Crippen LogP) is 4.81. The van der Waals surface area contributed by atoms with Gasteiger partial charge in [-0.25, -0.2) is 4.18 Å². The van der Waals surface area contributed by atoms with Crippen LogP contribution in [0.5, 0.6) is 0 Å². The molecule has 6 rings (SSSR count). The molecule has 14 atom stereocenters. The summed E-state index contributed by atoms with van der Waals surface area (Å²) >= 11 is 0. The zero-order chi connectivity index (χ0) is 33.8. The lowest BCUT2D eigenvalue weighted by molar-refractivity contribution is -0.273. The Balaban J connectivity index is 1.33. The van der Waals surface area contributed by atoms with Gasteiger partial charge in [0.05, 0.1) is 18.1 Å². The molecule has 0 amide bonds. The van der Waals surface area contributed by atoms with Crippen molar-refractivity contribution in [2.45, 2.75) is 137 Å². The molecule has 1 aliphatic heterocycles. The zero-order valence-electron chi connectivity index (χ0n) is 28.6. The highest BCUT2D eigenvalue weighted by molar-refractivity contribution is 7.80. The molecular weight excluding hydrogens is 612 g/mol. The van der Waals surface area contributed by atoms with E-state index >= 15 is 0 Å². The van der Waals surface area contributed by atoms with Crippen LogP contribution in [-0.2, 0) is 28.9 Å². The molecule has 5 fully saturated rings. The summed E-state index contributed by atoms with van der Waals surface area (Å²) in [6.45, 7) is 16.0. The molecule has 5 unspecified atom stereocenters. The lowest BCUT2D eigenvalue weighted by atomic mass is 9.31. The Labute approximate surface area is 274 Å². The molecule has 5 aliphatic carbocycles. The van der Waals surface area contributed by atoms with Gasteiger partial charge in [0.15, 0.2) is 6.10 Å². The smallest absolute Gasteiger partial charge is 0.397 e. The standard InChI is InChI=1S/C35H56O10S/c1-19-10-15-35(30(39)44-29-28(45-46(40,41)42)27(38)22(36)18-43-29)17-16-33(6)21(26(35)20(19)2)8-9-24-32(5)13-12-25(37)31(3,4)23(32)11-14-34(24,33)7/h10,20-29,36-38H,8-9,11-18H2,1-7H3,(H,40,41,42)/t20-,21?,22+,23?,24?,25-,26?,27+,28-,29+,32-,33+,34+,35?/m0/s1. The first-order valence-electron chi connectivity index (χ1n) is 17.4. The molecule has 0 bridgehead atoms. The van der Waals surface area contributed by atoms with Crippen molar-refractivity contribution >= 4 is 16.4 Å². The lowest BCUT2D eigenvalue weighted by Crippen LogP contribution is -2.68. The molecule has 10 nitrogen and oxygen atoms in total. The van der Waals surface area contributed by atoms with Gasteiger partial charge < -0.3 is 24.8 Å². The van der Waals surface area contributed by atoms with E-state index in [4.69, 9.17) is 9.47 Å². The minimum Gasteiger partial charge on any atom is -0.432 e. The average Bonchev–Trinajstić information content (AvgIpc) is 2.96. The second-order valence-corrected chi connectivity index (χ2v) is 18.4. The highest BCUT2D eigenvalue weighted by Crippen LogP contribution is 2.76. The van der Waals surface area contributed by atoms with Gasteiger partial charge in [0.25, 0.3) is 0 Å². The summed E-state index contributed by atoms with van der Waals surface area (Å²) in [5.41, 5.74) is 0.422. The van der Waals surface area contributed by atoms with Crippen LogP contribution >= 0.6 is 0 Å². The van der Waals surface area contributed by atoms with Crippen molar-refractivity contribution in [2.75, 3.05) is 6.61 Å². The Kier molecular flexibility index (Phi) is 8.48. The number of carbonyl (C=O) groups is 1. The van der Waals surface area contributed by atoms with E-state index in [-0.39, 0.29) is 52.1 Å². The van der Waals surface area contributed by atoms with Crippen LogP contribution in [0.1, 0.15) is 106 Å². The highest BCUT2D eigenvalue weighted by atomic mass is 32.3. The molecule has 4 N–H and O–H groups in total. The number of rotatable bonds is 4. The maximum absolute atomic E-state index is 14.5. The second kappa shape index (κ2) is 11.2. The van der Waals surface area contributed by atoms with Crippen LogP contribution in [0.15, 0.2) is 11.6 Å². The van der Waals surface area contributed by atoms with Gasteiger partial charge in [0.2, 0.25) is 6.29 Å². The zero-order valence-corrected chi connectivity index (χ0v) is 29.4. The van der Waals surface area contributed by atoms with Crippen molar-refractivity contribution < 1.29 is 46.7 Å². The van der Waals surface area contributed by atoms with E-state index in [2.05, 4.69) is 58.7 Å². The quantitative estimate of drug-likeness (QED) is 0.186. The molecule has 0 radical (unpaired) electrons. The molecule has 0 aromatic carbocycles. The maximum atomic E-state index is 14.5. The van der Waals surface area contributed by atoms with E-state index in [1.807, 2.05) is 0 Å². The van der Waals surface area contributed by atoms with Crippen LogP contribution in [-0.4, -0.2) is 71.6 Å². The van der Waals surface area contributed by atoms with Crippen LogP contribution in [0, 0.1) is 56.7 Å². The van der Waals surface area contributed by atoms with Crippen molar-refractivity contribution in [3.05, 3.63) is 11.6 Å². The molecule has 262 valence electrons. The number of hydrogen-bond donors (Lipinski definition) is 4. The van der Waals surface area contributed by atoms with Crippen molar-refractivity contribution in [2.24, 2.45) is 56.7 Å². The molecule has 1 heterocycles. The Hall–Kier alpha value is -1.08. The van der Waals surface area contributed by atoms with Crippen molar-refractivity contribution in [3.63, 3.8) is 0 Å². The number of aliphatic hydroxyl groups excluding tert-OH is 3. The van der Waals surface area contributed by atoms with E-state index in [0.29, 0.717) is 24.7 Å². The number of hydrogen-bond acceptors (Lipinski definition) is 9. The molecule has 1 saturated heterocycles. The van der Waals surface area contributed by atoms with Crippen molar-refractivity contribution in [1.82, 2.24) is 0 Å². The second-order valence-electron chi connectivity index (χ2n) is 17.3. The maximum Gasteiger partial charge on any atom is 0.397 e.